The molecule has 0 saturated carbocycles. The second kappa shape index (κ2) is 3.58. The van der Waals surface area contributed by atoms with E-state index in [1.54, 1.807) is 12.1 Å². The van der Waals surface area contributed by atoms with E-state index in [1.165, 1.54) is 0 Å². The predicted molar refractivity (Wildman–Crippen MR) is 50.5 cm³/mol. The monoisotopic (exact) mass is 212 g/mol. The van der Waals surface area contributed by atoms with Gasteiger partial charge in [0.15, 0.2) is 0 Å². The normalized spacial score (nSPS) is 10.7. The van der Waals surface area contributed by atoms with Crippen LogP contribution in [-0.2, 0) is 0 Å². The van der Waals surface area contributed by atoms with E-state index in [0.717, 1.165) is 10.0 Å². The second-order valence-corrected chi connectivity index (χ2v) is 3.03. The molecule has 11 heavy (non-hydrogen) atoms. The van der Waals surface area contributed by atoms with Gasteiger partial charge in [0.05, 0.1) is 0 Å². The molecule has 0 aliphatic heterocycles. The minimum absolute atomic E-state index is 0.303. The molecule has 0 spiro atoms. The van der Waals surface area contributed by atoms with E-state index in [1.807, 2.05) is 25.1 Å². The maximum absolute atomic E-state index is 9.34. The van der Waals surface area contributed by atoms with Gasteiger partial charge in [-0.15, -0.1) is 0 Å². The minimum atomic E-state index is 0.303. The van der Waals surface area contributed by atoms with Crippen LogP contribution >= 0.6 is 15.9 Å². The zero-order valence-corrected chi connectivity index (χ0v) is 7.80. The highest BCUT2D eigenvalue weighted by atomic mass is 79.9. The van der Waals surface area contributed by atoms with Gasteiger partial charge < -0.3 is 5.11 Å². The van der Waals surface area contributed by atoms with Crippen molar-refractivity contribution in [1.29, 1.82) is 0 Å². The SMILES string of the molecule is CC=Cc1c(O)cccc1Br. The summed E-state index contributed by atoms with van der Waals surface area (Å²) in [6.45, 7) is 1.92. The quantitative estimate of drug-likeness (QED) is 0.759. The number of aromatic hydroxyl groups is 1. The van der Waals surface area contributed by atoms with Gasteiger partial charge >= 0.3 is 0 Å². The van der Waals surface area contributed by atoms with E-state index in [-0.39, 0.29) is 0 Å². The largest absolute Gasteiger partial charge is 0.507 e. The Morgan fingerprint density at radius 1 is 1.45 bits per heavy atom. The van der Waals surface area contributed by atoms with Crippen molar-refractivity contribution in [2.24, 2.45) is 0 Å². The highest BCUT2D eigenvalue weighted by Crippen LogP contribution is 2.26. The third-order valence-corrected chi connectivity index (χ3v) is 2.05. The Balaban J connectivity index is 3.20. The number of allylic oxidation sites excluding steroid dienone is 1. The van der Waals surface area contributed by atoms with Gasteiger partial charge in [-0.1, -0.05) is 34.1 Å². The standard InChI is InChI=1S/C9H9BrO/c1-2-4-7-8(10)5-3-6-9(7)11/h2-6,11H,1H3. The van der Waals surface area contributed by atoms with Crippen molar-refractivity contribution in [2.75, 3.05) is 0 Å². The van der Waals surface area contributed by atoms with Crippen molar-refractivity contribution in [2.45, 2.75) is 6.92 Å². The van der Waals surface area contributed by atoms with Gasteiger partial charge in [-0.2, -0.15) is 0 Å². The molecule has 1 aromatic carbocycles. The molecule has 0 heterocycles. The average molecular weight is 213 g/mol. The predicted octanol–water partition coefficient (Wildman–Crippen LogP) is 3.19. The molecule has 0 atom stereocenters. The van der Waals surface area contributed by atoms with Crippen LogP contribution in [0.25, 0.3) is 6.08 Å². The third kappa shape index (κ3) is 1.84. The summed E-state index contributed by atoms with van der Waals surface area (Å²) in [5.74, 6) is 0.303. The zero-order valence-electron chi connectivity index (χ0n) is 6.21. The van der Waals surface area contributed by atoms with Crippen LogP contribution in [0.1, 0.15) is 12.5 Å². The Morgan fingerprint density at radius 2 is 2.18 bits per heavy atom. The molecule has 1 rings (SSSR count). The summed E-state index contributed by atoms with van der Waals surface area (Å²) in [4.78, 5) is 0. The summed E-state index contributed by atoms with van der Waals surface area (Å²) in [5, 5.41) is 9.34. The van der Waals surface area contributed by atoms with Crippen molar-refractivity contribution < 1.29 is 5.11 Å². The molecule has 0 bridgehead atoms. The van der Waals surface area contributed by atoms with Crippen LogP contribution < -0.4 is 0 Å². The number of phenols is 1. The van der Waals surface area contributed by atoms with E-state index in [4.69, 9.17) is 0 Å². The van der Waals surface area contributed by atoms with E-state index in [9.17, 15) is 5.11 Å². The summed E-state index contributed by atoms with van der Waals surface area (Å²) in [7, 11) is 0. The molecule has 1 nitrogen and oxygen atoms in total. The summed E-state index contributed by atoms with van der Waals surface area (Å²) in [5.41, 5.74) is 0.829. The highest BCUT2D eigenvalue weighted by Gasteiger charge is 1.99. The first-order chi connectivity index (χ1) is 5.25. The fourth-order valence-corrected chi connectivity index (χ4v) is 1.35. The van der Waals surface area contributed by atoms with Crippen LogP contribution in [0.15, 0.2) is 28.7 Å². The molecule has 0 fully saturated rings. The minimum Gasteiger partial charge on any atom is -0.507 e. The summed E-state index contributed by atoms with van der Waals surface area (Å²) in [6.07, 6.45) is 3.75. The number of phenolic OH excluding ortho intramolecular Hbond substituents is 1. The lowest BCUT2D eigenvalue weighted by Crippen LogP contribution is -1.75. The first kappa shape index (κ1) is 8.34. The van der Waals surface area contributed by atoms with Gasteiger partial charge in [0, 0.05) is 10.0 Å². The number of hydrogen-bond acceptors (Lipinski definition) is 1. The molecule has 0 radical (unpaired) electrons. The molecule has 0 aromatic heterocycles. The average Bonchev–Trinajstić information content (AvgIpc) is 1.97. The first-order valence-corrected chi connectivity index (χ1v) is 4.15. The fourth-order valence-electron chi connectivity index (χ4n) is 0.857. The Kier molecular flexibility index (Phi) is 2.71. The lowest BCUT2D eigenvalue weighted by molar-refractivity contribution is 0.473. The van der Waals surface area contributed by atoms with Gasteiger partial charge in [0.1, 0.15) is 5.75 Å². The van der Waals surface area contributed by atoms with E-state index < -0.39 is 0 Å². The molecule has 2 heteroatoms. The smallest absolute Gasteiger partial charge is 0.123 e. The van der Waals surface area contributed by atoms with E-state index in [2.05, 4.69) is 15.9 Å². The lowest BCUT2D eigenvalue weighted by Gasteiger charge is -1.99. The number of benzene rings is 1. The van der Waals surface area contributed by atoms with Gasteiger partial charge in [-0.3, -0.25) is 0 Å². The Hall–Kier alpha value is -0.760. The van der Waals surface area contributed by atoms with Crippen molar-refractivity contribution >= 4 is 22.0 Å². The summed E-state index contributed by atoms with van der Waals surface area (Å²) in [6, 6.07) is 5.36. The maximum atomic E-state index is 9.34. The Morgan fingerprint density at radius 3 is 2.73 bits per heavy atom. The molecule has 0 saturated heterocycles. The van der Waals surface area contributed by atoms with Crippen LogP contribution in [0.2, 0.25) is 0 Å². The number of halogens is 1. The van der Waals surface area contributed by atoms with Gasteiger partial charge in [0.2, 0.25) is 0 Å². The van der Waals surface area contributed by atoms with Crippen molar-refractivity contribution in [3.8, 4) is 5.75 Å². The van der Waals surface area contributed by atoms with E-state index in [0.29, 0.717) is 5.75 Å². The van der Waals surface area contributed by atoms with Crippen molar-refractivity contribution in [1.82, 2.24) is 0 Å². The van der Waals surface area contributed by atoms with Crippen LogP contribution in [0.3, 0.4) is 0 Å². The maximum Gasteiger partial charge on any atom is 0.123 e. The number of hydrogen-bond donors (Lipinski definition) is 1. The van der Waals surface area contributed by atoms with Crippen LogP contribution in [0.5, 0.6) is 5.75 Å². The molecular formula is C9H9BrO. The second-order valence-electron chi connectivity index (χ2n) is 2.17. The highest BCUT2D eigenvalue weighted by molar-refractivity contribution is 9.10. The Labute approximate surface area is 74.5 Å². The third-order valence-electron chi connectivity index (χ3n) is 1.36. The first-order valence-electron chi connectivity index (χ1n) is 3.36. The molecule has 58 valence electrons. The van der Waals surface area contributed by atoms with Crippen LogP contribution in [0.4, 0.5) is 0 Å². The Bertz CT molecular complexity index is 259. The van der Waals surface area contributed by atoms with E-state index >= 15 is 0 Å². The number of rotatable bonds is 1. The van der Waals surface area contributed by atoms with Gasteiger partial charge in [0.25, 0.3) is 0 Å². The topological polar surface area (TPSA) is 20.2 Å². The zero-order chi connectivity index (χ0) is 8.27. The van der Waals surface area contributed by atoms with Crippen molar-refractivity contribution in [3.05, 3.63) is 34.3 Å². The van der Waals surface area contributed by atoms with Crippen molar-refractivity contribution in [3.63, 3.8) is 0 Å². The summed E-state index contributed by atoms with van der Waals surface area (Å²) >= 11 is 3.34. The molecule has 0 aliphatic rings. The van der Waals surface area contributed by atoms with Crippen LogP contribution in [0, 0.1) is 0 Å². The van der Waals surface area contributed by atoms with Gasteiger partial charge in [-0.05, 0) is 19.1 Å². The van der Waals surface area contributed by atoms with Crippen LogP contribution in [-0.4, -0.2) is 5.11 Å². The van der Waals surface area contributed by atoms with Gasteiger partial charge in [-0.25, -0.2) is 0 Å². The summed E-state index contributed by atoms with van der Waals surface area (Å²) < 4.78 is 0.913. The lowest BCUT2D eigenvalue weighted by atomic mass is 10.2. The molecule has 0 amide bonds. The molecular weight excluding hydrogens is 204 g/mol. The molecule has 1 N–H and O–H groups in total. The fraction of sp³-hybridized carbons (Fsp3) is 0.111. The molecule has 0 aliphatic carbocycles. The molecule has 1 aromatic rings. The molecule has 0 unspecified atom stereocenters.